The second kappa shape index (κ2) is 7.68. The smallest absolute Gasteiger partial charge is 0.135 e. The molecule has 0 N–H and O–H groups in total. The molecule has 2 nitrogen and oxygen atoms in total. The third-order valence-corrected chi connectivity index (χ3v) is 7.92. The van der Waals surface area contributed by atoms with Crippen LogP contribution in [0.3, 0.4) is 0 Å². The first-order valence-electron chi connectivity index (χ1n) is 12.1. The van der Waals surface area contributed by atoms with Gasteiger partial charge in [0.05, 0.1) is 10.4 Å². The number of thiophene rings is 1. The van der Waals surface area contributed by atoms with Gasteiger partial charge >= 0.3 is 0 Å². The number of pyridine rings is 1. The van der Waals surface area contributed by atoms with Crippen LogP contribution in [0, 0.1) is 5.92 Å². The maximum atomic E-state index is 6.19. The summed E-state index contributed by atoms with van der Waals surface area (Å²) in [5.74, 6) is 1.64. The van der Waals surface area contributed by atoms with Crippen LogP contribution in [0.15, 0.2) is 71.3 Å². The summed E-state index contributed by atoms with van der Waals surface area (Å²) in [6.07, 6.45) is 2.92. The normalized spacial score (nSPS) is 12.6. The minimum Gasteiger partial charge on any atom is -0.461 e. The van der Waals surface area contributed by atoms with Crippen LogP contribution < -0.4 is 0 Å². The number of nitrogens with zero attached hydrogens (tertiary/aromatic N) is 1. The Morgan fingerprint density at radius 2 is 1.65 bits per heavy atom. The summed E-state index contributed by atoms with van der Waals surface area (Å²) in [6, 6.07) is 22.1. The molecule has 0 atom stereocenters. The Hall–Kier alpha value is -3.17. The van der Waals surface area contributed by atoms with E-state index in [1.165, 1.54) is 47.5 Å². The van der Waals surface area contributed by atoms with Crippen molar-refractivity contribution in [2.75, 3.05) is 0 Å². The molecule has 0 aliphatic heterocycles. The maximum Gasteiger partial charge on any atom is 0.135 e. The first-order chi connectivity index (χ1) is 16.3. The van der Waals surface area contributed by atoms with E-state index in [4.69, 9.17) is 9.40 Å². The van der Waals surface area contributed by atoms with Gasteiger partial charge in [0.1, 0.15) is 11.3 Å². The van der Waals surface area contributed by atoms with Gasteiger partial charge in [-0.25, -0.2) is 0 Å². The maximum absolute atomic E-state index is 6.19. The highest BCUT2D eigenvalue weighted by Crippen LogP contribution is 2.44. The van der Waals surface area contributed by atoms with Gasteiger partial charge < -0.3 is 4.42 Å². The van der Waals surface area contributed by atoms with Gasteiger partial charge in [0, 0.05) is 39.0 Å². The third kappa shape index (κ3) is 3.42. The quantitative estimate of drug-likeness (QED) is 0.261. The van der Waals surface area contributed by atoms with Crippen molar-refractivity contribution < 1.29 is 4.42 Å². The molecule has 0 saturated heterocycles. The minimum atomic E-state index is 0.0411. The Bertz CT molecular complexity index is 1690. The van der Waals surface area contributed by atoms with Crippen molar-refractivity contribution >= 4 is 53.3 Å². The summed E-state index contributed by atoms with van der Waals surface area (Å²) >= 11 is 1.84. The zero-order valence-electron chi connectivity index (χ0n) is 20.4. The van der Waals surface area contributed by atoms with E-state index in [2.05, 4.69) is 95.3 Å². The largest absolute Gasteiger partial charge is 0.461 e. The lowest BCUT2D eigenvalue weighted by Crippen LogP contribution is -2.12. The predicted octanol–water partition coefficient (Wildman–Crippen LogP) is 9.51. The second-order valence-corrected chi connectivity index (χ2v) is 11.8. The number of furan rings is 1. The van der Waals surface area contributed by atoms with E-state index in [1.807, 2.05) is 17.5 Å². The molecule has 0 bridgehead atoms. The summed E-state index contributed by atoms with van der Waals surface area (Å²) in [4.78, 5) is 4.91. The Labute approximate surface area is 204 Å². The molecule has 0 aliphatic rings. The SMILES string of the molecule is CC(C)Cc1cc2c(ccc3c4ccnc(-c5cc(C(C)(C)C)c6ccccc6c5)c4sc23)o1. The highest BCUT2D eigenvalue weighted by atomic mass is 32.1. The standard InChI is InChI=1S/C31H29NOS/c1-18(2)14-21-17-25-27(33-21)11-10-23-24-12-13-32-28(30(24)34-29(23)25)20-15-19-8-6-7-9-22(19)26(16-20)31(3,4)5/h6-13,15-18H,14H2,1-5H3. The van der Waals surface area contributed by atoms with Gasteiger partial charge in [0.15, 0.2) is 0 Å². The van der Waals surface area contributed by atoms with E-state index in [9.17, 15) is 0 Å². The van der Waals surface area contributed by atoms with Crippen LogP contribution >= 0.6 is 11.3 Å². The van der Waals surface area contributed by atoms with E-state index in [1.54, 1.807) is 0 Å². The van der Waals surface area contributed by atoms with Crippen molar-refractivity contribution in [3.8, 4) is 11.3 Å². The van der Waals surface area contributed by atoms with Crippen molar-refractivity contribution in [1.82, 2.24) is 4.98 Å². The zero-order chi connectivity index (χ0) is 23.6. The van der Waals surface area contributed by atoms with Crippen LogP contribution in [-0.4, -0.2) is 4.98 Å². The molecule has 0 radical (unpaired) electrons. The Balaban J connectivity index is 1.63. The fraction of sp³-hybridized carbons (Fsp3) is 0.258. The summed E-state index contributed by atoms with van der Waals surface area (Å²) in [7, 11) is 0. The van der Waals surface area contributed by atoms with Gasteiger partial charge in [0.25, 0.3) is 0 Å². The van der Waals surface area contributed by atoms with Crippen LogP contribution in [0.2, 0.25) is 0 Å². The fourth-order valence-electron chi connectivity index (χ4n) is 5.10. The van der Waals surface area contributed by atoms with Crippen LogP contribution in [0.4, 0.5) is 0 Å². The lowest BCUT2D eigenvalue weighted by molar-refractivity contribution is 0.500. The molecule has 0 fully saturated rings. The zero-order valence-corrected chi connectivity index (χ0v) is 21.2. The lowest BCUT2D eigenvalue weighted by Gasteiger charge is -2.22. The molecular formula is C31H29NOS. The lowest BCUT2D eigenvalue weighted by atomic mass is 9.82. The summed E-state index contributed by atoms with van der Waals surface area (Å²) in [5.41, 5.74) is 4.62. The monoisotopic (exact) mass is 463 g/mol. The summed E-state index contributed by atoms with van der Waals surface area (Å²) in [5, 5.41) is 6.35. The molecule has 34 heavy (non-hydrogen) atoms. The van der Waals surface area contributed by atoms with Gasteiger partial charge in [-0.1, -0.05) is 58.9 Å². The highest BCUT2D eigenvalue weighted by Gasteiger charge is 2.21. The number of fused-ring (bicyclic) bond motifs is 6. The van der Waals surface area contributed by atoms with Crippen LogP contribution in [-0.2, 0) is 11.8 Å². The first-order valence-corrected chi connectivity index (χ1v) is 12.9. The van der Waals surface area contributed by atoms with Gasteiger partial charge in [0.2, 0.25) is 0 Å². The molecule has 3 heteroatoms. The van der Waals surface area contributed by atoms with Gasteiger partial charge in [-0.05, 0) is 64.1 Å². The molecule has 0 amide bonds. The summed E-state index contributed by atoms with van der Waals surface area (Å²) < 4.78 is 8.72. The molecular weight excluding hydrogens is 434 g/mol. The van der Waals surface area contributed by atoms with E-state index in [0.29, 0.717) is 5.92 Å². The average Bonchev–Trinajstić information content (AvgIpc) is 3.37. The van der Waals surface area contributed by atoms with Crippen molar-refractivity contribution in [2.45, 2.75) is 46.5 Å². The average molecular weight is 464 g/mol. The molecule has 0 saturated carbocycles. The van der Waals surface area contributed by atoms with Gasteiger partial charge in [-0.15, -0.1) is 11.3 Å². The molecule has 0 unspecified atom stereocenters. The molecule has 0 spiro atoms. The fourth-order valence-corrected chi connectivity index (χ4v) is 6.42. The molecule has 0 aliphatic carbocycles. The molecule has 3 heterocycles. The van der Waals surface area contributed by atoms with Crippen molar-refractivity contribution in [1.29, 1.82) is 0 Å². The molecule has 3 aromatic heterocycles. The van der Waals surface area contributed by atoms with Crippen molar-refractivity contribution in [3.05, 3.63) is 78.2 Å². The van der Waals surface area contributed by atoms with E-state index in [0.717, 1.165) is 23.5 Å². The second-order valence-electron chi connectivity index (χ2n) is 10.8. The Morgan fingerprint density at radius 3 is 2.44 bits per heavy atom. The molecule has 170 valence electrons. The minimum absolute atomic E-state index is 0.0411. The van der Waals surface area contributed by atoms with Crippen LogP contribution in [0.5, 0.6) is 0 Å². The third-order valence-electron chi connectivity index (χ3n) is 6.65. The number of benzene rings is 3. The van der Waals surface area contributed by atoms with E-state index in [-0.39, 0.29) is 5.41 Å². The van der Waals surface area contributed by atoms with Gasteiger partial charge in [-0.3, -0.25) is 4.98 Å². The number of aromatic nitrogens is 1. The van der Waals surface area contributed by atoms with Gasteiger partial charge in [-0.2, -0.15) is 0 Å². The van der Waals surface area contributed by atoms with Crippen molar-refractivity contribution in [3.63, 3.8) is 0 Å². The topological polar surface area (TPSA) is 26.0 Å². The van der Waals surface area contributed by atoms with Crippen molar-refractivity contribution in [2.24, 2.45) is 5.92 Å². The van der Waals surface area contributed by atoms with E-state index < -0.39 is 0 Å². The Morgan fingerprint density at radius 1 is 0.853 bits per heavy atom. The molecule has 6 aromatic rings. The number of hydrogen-bond acceptors (Lipinski definition) is 3. The van der Waals surface area contributed by atoms with E-state index >= 15 is 0 Å². The predicted molar refractivity (Wildman–Crippen MR) is 147 cm³/mol. The Kier molecular flexibility index (Phi) is 4.82. The number of rotatable bonds is 3. The highest BCUT2D eigenvalue weighted by molar-refractivity contribution is 7.27. The number of hydrogen-bond donors (Lipinski definition) is 0. The first kappa shape index (κ1) is 21.4. The molecule has 6 rings (SSSR count). The van der Waals surface area contributed by atoms with Crippen LogP contribution in [0.25, 0.3) is 53.2 Å². The summed E-state index contributed by atoms with van der Waals surface area (Å²) in [6.45, 7) is 11.3. The van der Waals surface area contributed by atoms with Crippen LogP contribution in [0.1, 0.15) is 45.9 Å². The molecule has 3 aromatic carbocycles.